The summed E-state index contributed by atoms with van der Waals surface area (Å²) in [6.07, 6.45) is 1.24. The highest BCUT2D eigenvalue weighted by Gasteiger charge is 2.05. The van der Waals surface area contributed by atoms with E-state index in [0.717, 1.165) is 0 Å². The Morgan fingerprint density at radius 3 is 2.90 bits per heavy atom. The van der Waals surface area contributed by atoms with Crippen molar-refractivity contribution in [3.63, 3.8) is 0 Å². The molecule has 0 bridgehead atoms. The second-order valence-corrected chi connectivity index (χ2v) is 1.33. The number of rotatable bonds is 1. The van der Waals surface area contributed by atoms with Crippen LogP contribution in [0, 0.1) is 0 Å². The van der Waals surface area contributed by atoms with Gasteiger partial charge in [0.1, 0.15) is 6.33 Å². The maximum Gasteiger partial charge on any atom is 0.375 e. The first kappa shape index (κ1) is 8.90. The summed E-state index contributed by atoms with van der Waals surface area (Å²) in [6, 6.07) is 0. The Morgan fingerprint density at radius 2 is 2.50 bits per heavy atom. The van der Waals surface area contributed by atoms with Gasteiger partial charge in [0, 0.05) is 0 Å². The van der Waals surface area contributed by atoms with E-state index >= 15 is 0 Å². The summed E-state index contributed by atoms with van der Waals surface area (Å²) in [5.41, 5.74) is 0. The minimum Gasteiger partial charge on any atom is -0.463 e. The molecule has 1 aromatic heterocycles. The number of halogens is 1. The first-order valence-electron chi connectivity index (χ1n) is 2.28. The highest BCUT2D eigenvalue weighted by molar-refractivity contribution is 5.85. The van der Waals surface area contributed by atoms with Crippen LogP contribution in [0.25, 0.3) is 0 Å². The smallest absolute Gasteiger partial charge is 0.375 e. The molecule has 0 radical (unpaired) electrons. The van der Waals surface area contributed by atoms with Crippen molar-refractivity contribution in [2.45, 2.75) is 0 Å². The molecule has 0 aliphatic heterocycles. The van der Waals surface area contributed by atoms with E-state index in [-0.39, 0.29) is 18.2 Å². The molecule has 0 aliphatic carbocycles. The second kappa shape index (κ2) is 3.84. The van der Waals surface area contributed by atoms with Crippen LogP contribution in [0.2, 0.25) is 0 Å². The number of H-pyrrole nitrogens is 1. The van der Waals surface area contributed by atoms with E-state index in [1.54, 1.807) is 0 Å². The van der Waals surface area contributed by atoms with Crippen LogP contribution < -0.4 is 0 Å². The average molecular weight is 164 g/mol. The summed E-state index contributed by atoms with van der Waals surface area (Å²) in [6.45, 7) is 0. The topological polar surface area (TPSA) is 67.9 Å². The lowest BCUT2D eigenvalue weighted by atomic mass is 10.6. The molecule has 0 atom stereocenters. The molecule has 10 heavy (non-hydrogen) atoms. The third-order valence-corrected chi connectivity index (χ3v) is 0.794. The minimum atomic E-state index is -0.507. The Balaban J connectivity index is 0.000000810. The maximum atomic E-state index is 10.5. The number of esters is 1. The van der Waals surface area contributed by atoms with E-state index in [4.69, 9.17) is 0 Å². The number of methoxy groups -OCH3 is 1. The molecule has 56 valence electrons. The molecular formula is C4H6ClN3O2. The summed E-state index contributed by atoms with van der Waals surface area (Å²) < 4.78 is 4.32. The normalized spacial score (nSPS) is 8.10. The largest absolute Gasteiger partial charge is 0.463 e. The summed E-state index contributed by atoms with van der Waals surface area (Å²) >= 11 is 0. The quantitative estimate of drug-likeness (QED) is 0.593. The Kier molecular flexibility index (Phi) is 3.42. The SMILES string of the molecule is COC(=O)c1ncn[nH]1.Cl. The van der Waals surface area contributed by atoms with E-state index in [1.165, 1.54) is 13.4 Å². The van der Waals surface area contributed by atoms with Gasteiger partial charge in [-0.25, -0.2) is 9.78 Å². The summed E-state index contributed by atoms with van der Waals surface area (Å²) in [4.78, 5) is 14.1. The van der Waals surface area contributed by atoms with Crippen molar-refractivity contribution in [3.05, 3.63) is 12.2 Å². The molecule has 0 aromatic carbocycles. The molecule has 1 N–H and O–H groups in total. The lowest BCUT2D eigenvalue weighted by molar-refractivity contribution is 0.0587. The third-order valence-electron chi connectivity index (χ3n) is 0.794. The molecule has 0 saturated heterocycles. The van der Waals surface area contributed by atoms with E-state index in [0.29, 0.717) is 0 Å². The number of carbonyl (C=O) groups is 1. The average Bonchev–Trinajstić information content (AvgIpc) is 2.37. The highest BCUT2D eigenvalue weighted by atomic mass is 35.5. The Hall–Kier alpha value is -1.10. The van der Waals surface area contributed by atoms with Crippen molar-refractivity contribution in [2.75, 3.05) is 7.11 Å². The van der Waals surface area contributed by atoms with Crippen molar-refractivity contribution in [1.29, 1.82) is 0 Å². The van der Waals surface area contributed by atoms with Gasteiger partial charge in [-0.3, -0.25) is 5.10 Å². The zero-order valence-electron chi connectivity index (χ0n) is 5.20. The molecule has 1 rings (SSSR count). The standard InChI is InChI=1S/C4H5N3O2.ClH/c1-9-4(8)3-5-2-6-7-3;/h2H,1H3,(H,5,6,7);1H. The predicted molar refractivity (Wildman–Crippen MR) is 35.0 cm³/mol. The van der Waals surface area contributed by atoms with Crippen molar-refractivity contribution in [1.82, 2.24) is 15.2 Å². The fourth-order valence-electron chi connectivity index (χ4n) is 0.401. The van der Waals surface area contributed by atoms with Crippen molar-refractivity contribution < 1.29 is 9.53 Å². The molecule has 0 saturated carbocycles. The fraction of sp³-hybridized carbons (Fsp3) is 0.250. The molecule has 0 unspecified atom stereocenters. The van der Waals surface area contributed by atoms with Crippen LogP contribution in [0.3, 0.4) is 0 Å². The molecule has 0 amide bonds. The number of hydrogen-bond acceptors (Lipinski definition) is 4. The first-order chi connectivity index (χ1) is 4.34. The number of ether oxygens (including phenoxy) is 1. The molecule has 0 spiro atoms. The molecule has 0 aliphatic rings. The Labute approximate surface area is 63.2 Å². The predicted octanol–water partition coefficient (Wildman–Crippen LogP) is 0.0131. The van der Waals surface area contributed by atoms with E-state index in [9.17, 15) is 4.79 Å². The van der Waals surface area contributed by atoms with E-state index in [1.807, 2.05) is 0 Å². The van der Waals surface area contributed by atoms with Crippen LogP contribution in [0.1, 0.15) is 10.6 Å². The molecule has 6 heteroatoms. The zero-order chi connectivity index (χ0) is 6.69. The molecule has 1 aromatic rings. The number of nitrogens with zero attached hydrogens (tertiary/aromatic N) is 2. The number of nitrogens with one attached hydrogen (secondary N) is 1. The van der Waals surface area contributed by atoms with Gasteiger partial charge in [0.05, 0.1) is 7.11 Å². The van der Waals surface area contributed by atoms with Crippen molar-refractivity contribution >= 4 is 18.4 Å². The van der Waals surface area contributed by atoms with Gasteiger partial charge in [-0.2, -0.15) is 5.10 Å². The van der Waals surface area contributed by atoms with Gasteiger partial charge in [0.2, 0.25) is 5.82 Å². The lowest BCUT2D eigenvalue weighted by Gasteiger charge is -1.88. The van der Waals surface area contributed by atoms with Crippen LogP contribution in [0.5, 0.6) is 0 Å². The number of hydrogen-bond donors (Lipinski definition) is 1. The van der Waals surface area contributed by atoms with Crippen molar-refractivity contribution in [2.24, 2.45) is 0 Å². The van der Waals surface area contributed by atoms with Crippen molar-refractivity contribution in [3.8, 4) is 0 Å². The summed E-state index contributed by atoms with van der Waals surface area (Å²) in [5.74, 6) is -0.384. The minimum absolute atomic E-state index is 0. The van der Waals surface area contributed by atoms with Crippen LogP contribution in [-0.2, 0) is 4.74 Å². The summed E-state index contributed by atoms with van der Waals surface area (Å²) in [7, 11) is 1.28. The van der Waals surface area contributed by atoms with Crippen LogP contribution in [0.4, 0.5) is 0 Å². The van der Waals surface area contributed by atoms with Gasteiger partial charge in [-0.15, -0.1) is 12.4 Å². The van der Waals surface area contributed by atoms with Crippen LogP contribution >= 0.6 is 12.4 Å². The molecule has 1 heterocycles. The van der Waals surface area contributed by atoms with Crippen LogP contribution in [0.15, 0.2) is 6.33 Å². The Bertz CT molecular complexity index is 198. The molecule has 5 nitrogen and oxygen atoms in total. The van der Waals surface area contributed by atoms with Crippen LogP contribution in [-0.4, -0.2) is 28.3 Å². The van der Waals surface area contributed by atoms with Gasteiger partial charge < -0.3 is 4.74 Å². The third kappa shape index (κ3) is 1.70. The molecular weight excluding hydrogens is 158 g/mol. The highest BCUT2D eigenvalue weighted by Crippen LogP contribution is 1.86. The zero-order valence-corrected chi connectivity index (χ0v) is 6.01. The second-order valence-electron chi connectivity index (χ2n) is 1.33. The van der Waals surface area contributed by atoms with Gasteiger partial charge >= 0.3 is 5.97 Å². The number of aromatic amines is 1. The number of aromatic nitrogens is 3. The number of carbonyl (C=O) groups excluding carboxylic acids is 1. The van der Waals surface area contributed by atoms with Gasteiger partial charge in [0.15, 0.2) is 0 Å². The summed E-state index contributed by atoms with van der Waals surface area (Å²) in [5, 5.41) is 5.81. The van der Waals surface area contributed by atoms with Gasteiger partial charge in [-0.05, 0) is 0 Å². The monoisotopic (exact) mass is 163 g/mol. The lowest BCUT2D eigenvalue weighted by Crippen LogP contribution is -2.02. The Morgan fingerprint density at radius 1 is 1.80 bits per heavy atom. The maximum absolute atomic E-state index is 10.5. The fourth-order valence-corrected chi connectivity index (χ4v) is 0.401. The first-order valence-corrected chi connectivity index (χ1v) is 2.28. The van der Waals surface area contributed by atoms with Gasteiger partial charge in [-0.1, -0.05) is 0 Å². The van der Waals surface area contributed by atoms with E-state index in [2.05, 4.69) is 19.9 Å². The molecule has 0 fully saturated rings. The van der Waals surface area contributed by atoms with E-state index < -0.39 is 5.97 Å². The van der Waals surface area contributed by atoms with Gasteiger partial charge in [0.25, 0.3) is 0 Å².